The predicted octanol–water partition coefficient (Wildman–Crippen LogP) is -1.22. The molecule has 6 N–H and O–H groups in total. The van der Waals surface area contributed by atoms with Gasteiger partial charge in [-0.15, -0.1) is 0 Å². The van der Waals surface area contributed by atoms with Gasteiger partial charge in [0.25, 0.3) is 0 Å². The largest absolute Gasteiger partial charge is 0.331 e. The average Bonchev–Trinajstić information content (AvgIpc) is 1.46. The van der Waals surface area contributed by atoms with E-state index in [0.717, 1.165) is 6.54 Å². The van der Waals surface area contributed by atoms with Crippen molar-refractivity contribution in [2.24, 2.45) is 17.4 Å². The molecule has 0 aliphatic rings. The molecule has 0 amide bonds. The lowest BCUT2D eigenvalue weighted by Crippen LogP contribution is -2.02. The maximum atomic E-state index is 4.85. The van der Waals surface area contributed by atoms with Crippen molar-refractivity contribution in [2.45, 2.75) is 6.92 Å². The minimum absolute atomic E-state index is 0.750. The van der Waals surface area contributed by atoms with Crippen molar-refractivity contribution in [3.63, 3.8) is 0 Å². The Labute approximate surface area is 32.1 Å². The third-order valence-electron chi connectivity index (χ3n) is 0. The zero-order valence-electron chi connectivity index (χ0n) is 3.44. The van der Waals surface area contributed by atoms with Gasteiger partial charge in [-0.3, -0.25) is 11.7 Å². The summed E-state index contributed by atoms with van der Waals surface area (Å²) in [7, 11) is 0. The minimum Gasteiger partial charge on any atom is -0.331 e. The van der Waals surface area contributed by atoms with Gasteiger partial charge in [-0.1, -0.05) is 6.92 Å². The highest BCUT2D eigenvalue weighted by Crippen LogP contribution is 1.20. The summed E-state index contributed by atoms with van der Waals surface area (Å²) in [5.74, 6) is 8.00. The second kappa shape index (κ2) is 41.6. The van der Waals surface area contributed by atoms with E-state index in [0.29, 0.717) is 0 Å². The molecule has 0 fully saturated rings. The van der Waals surface area contributed by atoms with Gasteiger partial charge < -0.3 is 5.73 Å². The molecule has 0 bridgehead atoms. The standard InChI is InChI=1S/C2H7N.H4N2/c1-2-3;1-2/h2-3H2,1H3;1-2H2. The topological polar surface area (TPSA) is 78.1 Å². The second-order valence-electron chi connectivity index (χ2n) is 0.408. The highest BCUT2D eigenvalue weighted by atomic mass is 15.0. The third-order valence-corrected chi connectivity index (χ3v) is 0. The smallest absolute Gasteiger partial charge is 0.0106 e. The molecule has 3 nitrogen and oxygen atoms in total. The lowest BCUT2D eigenvalue weighted by atomic mass is 10.8. The Morgan fingerprint density at radius 3 is 1.40 bits per heavy atom. The first kappa shape index (κ1) is 8.86. The van der Waals surface area contributed by atoms with Crippen molar-refractivity contribution in [2.75, 3.05) is 6.54 Å². The van der Waals surface area contributed by atoms with Crippen LogP contribution in [-0.4, -0.2) is 6.54 Å². The fraction of sp³-hybridized carbons (Fsp3) is 1.00. The molecule has 0 spiro atoms. The fourth-order valence-electron chi connectivity index (χ4n) is 0. The van der Waals surface area contributed by atoms with Crippen LogP contribution < -0.4 is 17.4 Å². The van der Waals surface area contributed by atoms with Gasteiger partial charge in [0.2, 0.25) is 0 Å². The summed E-state index contributed by atoms with van der Waals surface area (Å²) in [6, 6.07) is 0. The first-order valence-electron chi connectivity index (χ1n) is 1.45. The van der Waals surface area contributed by atoms with E-state index < -0.39 is 0 Å². The van der Waals surface area contributed by atoms with Crippen LogP contribution in [0, 0.1) is 0 Å². The Balaban J connectivity index is 0. The Morgan fingerprint density at radius 2 is 1.40 bits per heavy atom. The van der Waals surface area contributed by atoms with Gasteiger partial charge in [0, 0.05) is 0 Å². The van der Waals surface area contributed by atoms with Crippen LogP contribution in [0.4, 0.5) is 0 Å². The van der Waals surface area contributed by atoms with Crippen molar-refractivity contribution in [3.8, 4) is 0 Å². The zero-order chi connectivity index (χ0) is 4.71. The van der Waals surface area contributed by atoms with Crippen LogP contribution in [0.25, 0.3) is 0 Å². The van der Waals surface area contributed by atoms with E-state index in [2.05, 4.69) is 11.7 Å². The second-order valence-corrected chi connectivity index (χ2v) is 0.408. The van der Waals surface area contributed by atoms with E-state index in [1.54, 1.807) is 0 Å². The van der Waals surface area contributed by atoms with Gasteiger partial charge in [0.1, 0.15) is 0 Å². The summed E-state index contributed by atoms with van der Waals surface area (Å²) in [6.45, 7) is 2.65. The molecule has 0 unspecified atom stereocenters. The molecule has 3 heteroatoms. The Bertz CT molecular complexity index is 4.85. The molecule has 0 atom stereocenters. The number of hydrazine groups is 1. The Hall–Kier alpha value is -0.120. The summed E-state index contributed by atoms with van der Waals surface area (Å²) in [6.07, 6.45) is 0. The summed E-state index contributed by atoms with van der Waals surface area (Å²) >= 11 is 0. The number of hydrogen-bond donors (Lipinski definition) is 3. The predicted molar refractivity (Wildman–Crippen MR) is 23.1 cm³/mol. The maximum absolute atomic E-state index is 4.85. The minimum atomic E-state index is 0.750. The summed E-state index contributed by atoms with van der Waals surface area (Å²) in [4.78, 5) is 0. The summed E-state index contributed by atoms with van der Waals surface area (Å²) in [5, 5.41) is 0. The average molecular weight is 77.1 g/mol. The van der Waals surface area contributed by atoms with Gasteiger partial charge in [-0.25, -0.2) is 0 Å². The van der Waals surface area contributed by atoms with E-state index in [4.69, 9.17) is 5.73 Å². The highest BCUT2D eigenvalue weighted by molar-refractivity contribution is 4.00. The molecule has 0 aromatic carbocycles. The molecule has 0 saturated heterocycles. The van der Waals surface area contributed by atoms with Gasteiger partial charge in [0.05, 0.1) is 0 Å². The first-order valence-corrected chi connectivity index (χ1v) is 1.45. The summed E-state index contributed by atoms with van der Waals surface area (Å²) < 4.78 is 0. The number of rotatable bonds is 0. The van der Waals surface area contributed by atoms with Crippen LogP contribution in [0.5, 0.6) is 0 Å². The first-order chi connectivity index (χ1) is 2.41. The van der Waals surface area contributed by atoms with Crippen LogP contribution in [0.3, 0.4) is 0 Å². The molecule has 5 heavy (non-hydrogen) atoms. The van der Waals surface area contributed by atoms with E-state index in [1.165, 1.54) is 0 Å². The SMILES string of the molecule is CCN.NN. The molecule has 0 saturated carbocycles. The number of nitrogens with two attached hydrogens (primary N) is 3. The molecule has 0 heterocycles. The van der Waals surface area contributed by atoms with Gasteiger partial charge in [0.15, 0.2) is 0 Å². The molecule has 0 aromatic rings. The molecule has 0 radical (unpaired) electrons. The van der Waals surface area contributed by atoms with Crippen LogP contribution in [0.15, 0.2) is 0 Å². The van der Waals surface area contributed by atoms with E-state index in [-0.39, 0.29) is 0 Å². The van der Waals surface area contributed by atoms with Crippen molar-refractivity contribution < 1.29 is 0 Å². The van der Waals surface area contributed by atoms with Gasteiger partial charge in [-0.05, 0) is 6.54 Å². The van der Waals surface area contributed by atoms with E-state index in [1.807, 2.05) is 6.92 Å². The van der Waals surface area contributed by atoms with Crippen molar-refractivity contribution in [3.05, 3.63) is 0 Å². The van der Waals surface area contributed by atoms with Gasteiger partial charge in [-0.2, -0.15) is 0 Å². The lowest BCUT2D eigenvalue weighted by molar-refractivity contribution is 1.14. The van der Waals surface area contributed by atoms with Crippen LogP contribution >= 0.6 is 0 Å². The molecule has 34 valence electrons. The van der Waals surface area contributed by atoms with Crippen molar-refractivity contribution in [1.29, 1.82) is 0 Å². The quantitative estimate of drug-likeness (QED) is 0.250. The molecular formula is C2H11N3. The third kappa shape index (κ3) is 952. The van der Waals surface area contributed by atoms with Crippen LogP contribution in [-0.2, 0) is 0 Å². The molecule has 0 aliphatic heterocycles. The number of hydrogen-bond acceptors (Lipinski definition) is 3. The monoisotopic (exact) mass is 77.1 g/mol. The van der Waals surface area contributed by atoms with Crippen molar-refractivity contribution in [1.82, 2.24) is 0 Å². The lowest BCUT2D eigenvalue weighted by Gasteiger charge is -1.53. The van der Waals surface area contributed by atoms with E-state index >= 15 is 0 Å². The zero-order valence-corrected chi connectivity index (χ0v) is 3.44. The van der Waals surface area contributed by atoms with Gasteiger partial charge >= 0.3 is 0 Å². The maximum Gasteiger partial charge on any atom is -0.0106 e. The highest BCUT2D eigenvalue weighted by Gasteiger charge is 1.32. The molecule has 0 rings (SSSR count). The normalized spacial score (nSPS) is 4.80. The Kier molecular flexibility index (Phi) is 73.6. The molecule has 0 aliphatic carbocycles. The van der Waals surface area contributed by atoms with Crippen molar-refractivity contribution >= 4 is 0 Å². The molecular weight excluding hydrogens is 66.0 g/mol. The Morgan fingerprint density at radius 1 is 1.40 bits per heavy atom. The summed E-state index contributed by atoms with van der Waals surface area (Å²) in [5.41, 5.74) is 4.85. The van der Waals surface area contributed by atoms with E-state index in [9.17, 15) is 0 Å². The fourth-order valence-corrected chi connectivity index (χ4v) is 0. The van der Waals surface area contributed by atoms with Crippen LogP contribution in [0.2, 0.25) is 0 Å². The molecule has 0 aromatic heterocycles. The van der Waals surface area contributed by atoms with Crippen LogP contribution in [0.1, 0.15) is 6.92 Å².